The minimum Gasteiger partial charge on any atom is -0.487 e. The molecule has 2 N–H and O–H groups in total. The van der Waals surface area contributed by atoms with Gasteiger partial charge in [0.15, 0.2) is 0 Å². The summed E-state index contributed by atoms with van der Waals surface area (Å²) in [6.45, 7) is 9.78. The molecule has 2 aromatic rings. The molecule has 240 valence electrons. The van der Waals surface area contributed by atoms with Gasteiger partial charge in [0.05, 0.1) is 30.1 Å². The van der Waals surface area contributed by atoms with Crippen molar-refractivity contribution < 1.29 is 24.2 Å². The molecule has 1 unspecified atom stereocenters. The lowest BCUT2D eigenvalue weighted by Gasteiger charge is -2.51. The van der Waals surface area contributed by atoms with E-state index in [0.717, 1.165) is 37.0 Å². The first-order chi connectivity index (χ1) is 21.0. The average molecular weight is 625 g/mol. The predicted molar refractivity (Wildman–Crippen MR) is 173 cm³/mol. The Morgan fingerprint density at radius 1 is 1.11 bits per heavy atom. The van der Waals surface area contributed by atoms with Crippen LogP contribution in [0.5, 0.6) is 5.75 Å². The number of ether oxygens (including phenoxy) is 2. The van der Waals surface area contributed by atoms with Crippen molar-refractivity contribution in [3.05, 3.63) is 64.7 Å². The van der Waals surface area contributed by atoms with E-state index in [-0.39, 0.29) is 49.0 Å². The number of aryl methyl sites for hydroxylation is 1. The van der Waals surface area contributed by atoms with Crippen molar-refractivity contribution in [2.75, 3.05) is 26.2 Å². The predicted octanol–water partition coefficient (Wildman–Crippen LogP) is 6.36. The second-order valence-corrected chi connectivity index (χ2v) is 14.4. The molecule has 0 aliphatic carbocycles. The standard InChI is InChI=1S/C36H49ClN2O5/c1-24(2)14-15-36(34(42)38-18-21-40)16-19-39(20-17-36)33(41)28-23-29-32(43-30(28)12-10-25-8-6-5-7-9-25)27-22-26(37)11-13-31(27)44-35(29,3)4/h5-9,11,13,22,24,28-30,32,40H,10,12,14-21,23H2,1-4H3,(H,38,42)/t28?,29-,30-,32+/m1/s1. The Labute approximate surface area is 267 Å². The maximum absolute atomic E-state index is 14.4. The molecule has 0 aromatic heterocycles. The number of rotatable bonds is 10. The number of carbonyl (C=O) groups excluding carboxylic acids is 2. The molecule has 0 bridgehead atoms. The van der Waals surface area contributed by atoms with Gasteiger partial charge in [0.25, 0.3) is 0 Å². The van der Waals surface area contributed by atoms with Gasteiger partial charge in [-0.1, -0.05) is 55.8 Å². The van der Waals surface area contributed by atoms with Crippen LogP contribution in [-0.4, -0.2) is 59.8 Å². The number of aliphatic hydroxyl groups is 1. The molecule has 5 rings (SSSR count). The molecule has 8 heteroatoms. The fraction of sp³-hybridized carbons (Fsp3) is 0.611. The van der Waals surface area contributed by atoms with Gasteiger partial charge >= 0.3 is 0 Å². The summed E-state index contributed by atoms with van der Waals surface area (Å²) in [5, 5.41) is 12.9. The quantitative estimate of drug-likeness (QED) is 0.321. The fourth-order valence-electron chi connectivity index (χ4n) is 7.44. The molecule has 3 aliphatic rings. The van der Waals surface area contributed by atoms with Crippen molar-refractivity contribution in [3.63, 3.8) is 0 Å². The highest BCUT2D eigenvalue weighted by molar-refractivity contribution is 6.30. The van der Waals surface area contributed by atoms with E-state index in [1.54, 1.807) is 0 Å². The monoisotopic (exact) mass is 624 g/mol. The number of amides is 2. The number of halogens is 1. The summed E-state index contributed by atoms with van der Waals surface area (Å²) in [5.41, 5.74) is 1.15. The summed E-state index contributed by atoms with van der Waals surface area (Å²) in [4.78, 5) is 29.7. The smallest absolute Gasteiger partial charge is 0.228 e. The van der Waals surface area contributed by atoms with E-state index in [0.29, 0.717) is 43.3 Å². The highest BCUT2D eigenvalue weighted by atomic mass is 35.5. The lowest BCUT2D eigenvalue weighted by molar-refractivity contribution is -0.186. The van der Waals surface area contributed by atoms with Crippen LogP contribution in [0.4, 0.5) is 0 Å². The van der Waals surface area contributed by atoms with Crippen LogP contribution in [0, 0.1) is 23.2 Å². The van der Waals surface area contributed by atoms with E-state index in [4.69, 9.17) is 21.1 Å². The van der Waals surface area contributed by atoms with Crippen molar-refractivity contribution in [2.45, 2.75) is 90.4 Å². The number of piperidine rings is 1. The van der Waals surface area contributed by atoms with Gasteiger partial charge in [-0.3, -0.25) is 9.59 Å². The van der Waals surface area contributed by atoms with Crippen LogP contribution in [0.2, 0.25) is 5.02 Å². The summed E-state index contributed by atoms with van der Waals surface area (Å²) in [6.07, 6.45) is 4.72. The van der Waals surface area contributed by atoms with Crippen LogP contribution in [0.15, 0.2) is 48.5 Å². The van der Waals surface area contributed by atoms with E-state index < -0.39 is 11.0 Å². The summed E-state index contributed by atoms with van der Waals surface area (Å²) in [7, 11) is 0. The Balaban J connectivity index is 1.37. The Morgan fingerprint density at radius 2 is 1.84 bits per heavy atom. The molecule has 7 nitrogen and oxygen atoms in total. The molecule has 2 aromatic carbocycles. The molecule has 0 radical (unpaired) electrons. The number of benzene rings is 2. The molecular weight excluding hydrogens is 576 g/mol. The van der Waals surface area contributed by atoms with E-state index >= 15 is 0 Å². The molecule has 2 saturated heterocycles. The fourth-order valence-corrected chi connectivity index (χ4v) is 7.62. The Morgan fingerprint density at radius 3 is 2.52 bits per heavy atom. The average Bonchev–Trinajstić information content (AvgIpc) is 3.02. The molecule has 44 heavy (non-hydrogen) atoms. The number of likely N-dealkylation sites (tertiary alicyclic amines) is 1. The lowest BCUT2D eigenvalue weighted by atomic mass is 9.70. The molecular formula is C36H49ClN2O5. The molecule has 2 amide bonds. The number of carbonyl (C=O) groups is 2. The molecule has 3 heterocycles. The maximum Gasteiger partial charge on any atom is 0.228 e. The molecule has 2 fully saturated rings. The Kier molecular flexibility index (Phi) is 10.3. The van der Waals surface area contributed by atoms with Crippen LogP contribution >= 0.6 is 11.6 Å². The number of hydrogen-bond donors (Lipinski definition) is 2. The van der Waals surface area contributed by atoms with E-state index in [1.807, 2.05) is 41.3 Å². The first kappa shape index (κ1) is 32.8. The second kappa shape index (κ2) is 13.8. The summed E-state index contributed by atoms with van der Waals surface area (Å²) >= 11 is 6.44. The number of hydrogen-bond acceptors (Lipinski definition) is 5. The summed E-state index contributed by atoms with van der Waals surface area (Å²) in [5.74, 6) is 1.06. The van der Waals surface area contributed by atoms with Crippen molar-refractivity contribution >= 4 is 23.4 Å². The Bertz CT molecular complexity index is 1290. The SMILES string of the molecule is CC(C)CCC1(C(=O)NCCO)CCN(C(=O)C2C[C@@H]3[C@@H](O[C@@H]2CCc2ccccc2)c2cc(Cl)ccc2OC3(C)C)CC1. The van der Waals surface area contributed by atoms with Crippen molar-refractivity contribution in [2.24, 2.45) is 23.2 Å². The third kappa shape index (κ3) is 7.11. The van der Waals surface area contributed by atoms with Gasteiger partial charge in [-0.05, 0) is 88.5 Å². The minimum absolute atomic E-state index is 0.00214. The largest absolute Gasteiger partial charge is 0.487 e. The van der Waals surface area contributed by atoms with E-state index in [1.165, 1.54) is 5.56 Å². The number of nitrogens with zero attached hydrogens (tertiary/aromatic N) is 1. The zero-order valence-electron chi connectivity index (χ0n) is 26.7. The van der Waals surface area contributed by atoms with Gasteiger partial charge in [0.1, 0.15) is 11.4 Å². The Hall–Kier alpha value is -2.61. The van der Waals surface area contributed by atoms with Crippen molar-refractivity contribution in [1.29, 1.82) is 0 Å². The van der Waals surface area contributed by atoms with Crippen LogP contribution in [-0.2, 0) is 20.7 Å². The second-order valence-electron chi connectivity index (χ2n) is 14.0. The van der Waals surface area contributed by atoms with E-state index in [9.17, 15) is 14.7 Å². The lowest BCUT2D eigenvalue weighted by Crippen LogP contribution is -2.56. The molecule has 3 aliphatic heterocycles. The van der Waals surface area contributed by atoms with Gasteiger partial charge in [-0.2, -0.15) is 0 Å². The normalized spacial score (nSPS) is 25.5. The number of nitrogens with one attached hydrogen (secondary N) is 1. The summed E-state index contributed by atoms with van der Waals surface area (Å²) in [6, 6.07) is 16.1. The minimum atomic E-state index is -0.521. The first-order valence-electron chi connectivity index (χ1n) is 16.4. The van der Waals surface area contributed by atoms with Crippen LogP contribution in [0.25, 0.3) is 0 Å². The van der Waals surface area contributed by atoms with Gasteiger partial charge < -0.3 is 24.8 Å². The zero-order valence-corrected chi connectivity index (χ0v) is 27.4. The van der Waals surface area contributed by atoms with Gasteiger partial charge in [-0.25, -0.2) is 0 Å². The molecule has 0 saturated carbocycles. The first-order valence-corrected chi connectivity index (χ1v) is 16.8. The van der Waals surface area contributed by atoms with Crippen molar-refractivity contribution in [1.82, 2.24) is 10.2 Å². The van der Waals surface area contributed by atoms with E-state index in [2.05, 4.69) is 45.1 Å². The van der Waals surface area contributed by atoms with Crippen molar-refractivity contribution in [3.8, 4) is 5.75 Å². The third-order valence-electron chi connectivity index (χ3n) is 10.2. The van der Waals surface area contributed by atoms with Crippen LogP contribution < -0.4 is 10.1 Å². The molecule has 4 atom stereocenters. The third-order valence-corrected chi connectivity index (χ3v) is 10.4. The number of aliphatic hydroxyl groups excluding tert-OH is 1. The zero-order chi connectivity index (χ0) is 31.5. The topological polar surface area (TPSA) is 88.1 Å². The summed E-state index contributed by atoms with van der Waals surface area (Å²) < 4.78 is 13.5. The number of fused-ring (bicyclic) bond motifs is 3. The van der Waals surface area contributed by atoms with Gasteiger partial charge in [0, 0.05) is 36.1 Å². The maximum atomic E-state index is 14.4. The van der Waals surface area contributed by atoms with Crippen LogP contribution in [0.3, 0.4) is 0 Å². The van der Waals surface area contributed by atoms with Gasteiger partial charge in [0.2, 0.25) is 11.8 Å². The highest BCUT2D eigenvalue weighted by Gasteiger charge is 2.53. The van der Waals surface area contributed by atoms with Crippen LogP contribution in [0.1, 0.15) is 83.5 Å². The molecule has 0 spiro atoms. The highest BCUT2D eigenvalue weighted by Crippen LogP contribution is 2.53. The van der Waals surface area contributed by atoms with Gasteiger partial charge in [-0.15, -0.1) is 0 Å².